The number of azide groups is 1. The van der Waals surface area contributed by atoms with Crippen molar-refractivity contribution in [1.29, 1.82) is 0 Å². The summed E-state index contributed by atoms with van der Waals surface area (Å²) < 4.78 is 141. The highest BCUT2D eigenvalue weighted by atomic mass is 79.9. The first-order valence-corrected chi connectivity index (χ1v) is 35.6. The van der Waals surface area contributed by atoms with Crippen LogP contribution in [-0.2, 0) is 84.1 Å². The third kappa shape index (κ3) is 19.5. The number of fused-ring (bicyclic) bond motifs is 4. The molecule has 0 unspecified atom stereocenters. The van der Waals surface area contributed by atoms with Crippen molar-refractivity contribution in [2.75, 3.05) is 7.11 Å². The molecular weight excluding hydrogens is 1730 g/mol. The minimum atomic E-state index is -2.99. The molecule has 23 nitrogen and oxygen atoms in total. The molecule has 0 aliphatic heterocycles. The number of alkyl carbamates (subject to hydrolysis) is 1. The number of benzene rings is 8. The first-order valence-electron chi connectivity index (χ1n) is 31.3. The predicted octanol–water partition coefficient (Wildman–Crippen LogP) is 16.0. The molecule has 4 aromatic heterocycles. The van der Waals surface area contributed by atoms with Crippen LogP contribution in [0, 0.1) is 0 Å². The number of nitrogens with zero attached hydrogens (tertiary/aromatic N) is 11. The maximum atomic E-state index is 12.9. The largest absolute Gasteiger partial charge is 0.453 e. The summed E-state index contributed by atoms with van der Waals surface area (Å²) in [4.78, 5) is 63.7. The van der Waals surface area contributed by atoms with Gasteiger partial charge in [0, 0.05) is 91.7 Å². The summed E-state index contributed by atoms with van der Waals surface area (Å²) in [6, 6.07) is 40.3. The fourth-order valence-electron chi connectivity index (χ4n) is 11.4. The normalized spacial score (nSPS) is 11.2. The number of carbonyl (C=O) groups excluding carboxylic acids is 1. The van der Waals surface area contributed by atoms with E-state index < -0.39 is 32.5 Å². The van der Waals surface area contributed by atoms with Crippen molar-refractivity contribution < 1.29 is 63.6 Å². The first-order chi connectivity index (χ1) is 50.5. The maximum absolute atomic E-state index is 12.9. The second kappa shape index (κ2) is 36.1. The molecule has 0 aliphatic rings. The average Bonchev–Trinajstić information content (AvgIpc) is 1.64. The second-order valence-corrected chi connectivity index (χ2v) is 27.3. The monoisotopic (exact) mass is 1790 g/mol. The molecular formula is C70H62Br5F8N13O10. The smallest absolute Gasteiger partial charge is 0.407 e. The van der Waals surface area contributed by atoms with Gasteiger partial charge in [-0.1, -0.05) is 115 Å². The minimum absolute atomic E-state index is 0.000942. The standard InChI is InChI=1S/C19H18BrF2N3O4.C17H14Br2F2N2O2.C17H14BrF2N5O2.C17H16BrF2N3O2/c1-24-17(26)14-5-4-13(20)8-15(14)25(24)10-12-7-11(9-23-19(27)28-2)3-6-16(12)29-18(21)22;1-22-16(24)13-4-3-12(19)7-14(13)23(22)9-11-6-10(8-18)2-5-15(11)25-17(20)21;1-24-16(26)13-4-3-12(18)7-14(13)25(24)9-11-6-10(8-22-23-21)2-5-15(11)27-17(19)20;1-22-16(24)13-4-3-12(18)7-14(13)23(22)9-11-6-10(8-21)2-5-15(11)25-17(19)20/h3-8,18H,9-10H2,1-2H3,(H,23,27);2-7,17H,8-9H2,1H3;2-7,17H,8-9H2,1H3;2-7,17H,8-9,21H2,1H3. The van der Waals surface area contributed by atoms with Gasteiger partial charge in [0.15, 0.2) is 0 Å². The Morgan fingerprint density at radius 1 is 0.453 bits per heavy atom. The average molecular weight is 1800 g/mol. The molecule has 3 N–H and O–H groups in total. The summed E-state index contributed by atoms with van der Waals surface area (Å²) in [6.45, 7) is -10.7. The third-order valence-corrected chi connectivity index (χ3v) is 19.1. The SMILES string of the molecule is COC(=O)NCc1ccc(OC(F)F)c(Cn2c3cc(Br)ccc3c(=O)n2C)c1.Cn1c(=O)c2ccc(Br)cc2n1Cc1cc(CBr)ccc1OC(F)F.Cn1c(=O)c2ccc(Br)cc2n1Cc1cc(CN)ccc1OC(F)F.Cn1c(=O)c2ccc(Br)cc2n1Cc1cc(CN=[N+]=[N-])ccc1OC(F)F. The molecule has 1 amide bonds. The van der Waals surface area contributed by atoms with Gasteiger partial charge in [0.2, 0.25) is 0 Å². The summed E-state index contributed by atoms with van der Waals surface area (Å²) in [5.74, 6) is 0.158. The summed E-state index contributed by atoms with van der Waals surface area (Å²) in [5.41, 5.74) is 21.1. The maximum Gasteiger partial charge on any atom is 0.407 e. The van der Waals surface area contributed by atoms with E-state index in [0.717, 1.165) is 29.0 Å². The Balaban J connectivity index is 0.000000164. The van der Waals surface area contributed by atoms with Gasteiger partial charge >= 0.3 is 32.5 Å². The van der Waals surface area contributed by atoms with Crippen LogP contribution in [0.25, 0.3) is 54.1 Å². The molecule has 4 heterocycles. The van der Waals surface area contributed by atoms with Crippen molar-refractivity contribution in [2.24, 2.45) is 39.0 Å². The zero-order valence-corrected chi connectivity index (χ0v) is 64.2. The lowest BCUT2D eigenvalue weighted by atomic mass is 10.1. The number of rotatable bonds is 22. The quantitative estimate of drug-likeness (QED) is 0.0212. The van der Waals surface area contributed by atoms with Crippen molar-refractivity contribution in [3.63, 3.8) is 0 Å². The van der Waals surface area contributed by atoms with E-state index in [1.807, 2.05) is 12.1 Å². The van der Waals surface area contributed by atoms with Gasteiger partial charge < -0.3 is 34.7 Å². The Morgan fingerprint density at radius 2 is 0.736 bits per heavy atom. The Labute approximate surface area is 637 Å². The first kappa shape index (κ1) is 80.5. The Hall–Kier alpha value is -9.58. The zero-order chi connectivity index (χ0) is 77.0. The Kier molecular flexibility index (Phi) is 27.5. The van der Waals surface area contributed by atoms with Crippen LogP contribution in [0.5, 0.6) is 23.0 Å². The molecule has 0 atom stereocenters. The number of nitrogens with one attached hydrogen (secondary N) is 1. The number of amides is 1. The Bertz CT molecular complexity index is 5360. The van der Waals surface area contributed by atoms with Crippen LogP contribution in [0.2, 0.25) is 0 Å². The third-order valence-electron chi connectivity index (χ3n) is 16.5. The van der Waals surface area contributed by atoms with Crippen LogP contribution >= 0.6 is 79.6 Å². The zero-order valence-electron chi connectivity index (χ0n) is 56.3. The summed E-state index contributed by atoms with van der Waals surface area (Å²) in [5, 5.41) is 8.76. The van der Waals surface area contributed by atoms with E-state index in [-0.39, 0.29) is 91.0 Å². The number of hydrogen-bond donors (Lipinski definition) is 2. The molecule has 36 heteroatoms. The fraction of sp³-hybridized carbons (Fsp3) is 0.243. The van der Waals surface area contributed by atoms with Crippen molar-refractivity contribution in [1.82, 2.24) is 42.8 Å². The van der Waals surface area contributed by atoms with Gasteiger partial charge in [0.25, 0.3) is 22.2 Å². The molecule has 12 rings (SSSR count). The van der Waals surface area contributed by atoms with Gasteiger partial charge in [-0.05, 0) is 143 Å². The minimum Gasteiger partial charge on any atom is -0.453 e. The van der Waals surface area contributed by atoms with Gasteiger partial charge in [-0.2, -0.15) is 35.1 Å². The second-order valence-electron chi connectivity index (χ2n) is 23.0. The van der Waals surface area contributed by atoms with Crippen LogP contribution < -0.4 is 52.2 Å². The van der Waals surface area contributed by atoms with Crippen molar-refractivity contribution >= 4 is 129 Å². The topological polar surface area (TPSA) is 258 Å². The molecule has 0 saturated carbocycles. The van der Waals surface area contributed by atoms with E-state index >= 15 is 0 Å². The highest BCUT2D eigenvalue weighted by molar-refractivity contribution is 9.11. The lowest BCUT2D eigenvalue weighted by Crippen LogP contribution is -2.23. The highest BCUT2D eigenvalue weighted by Crippen LogP contribution is 2.32. The van der Waals surface area contributed by atoms with Crippen LogP contribution in [0.15, 0.2) is 188 Å². The van der Waals surface area contributed by atoms with Crippen LogP contribution in [0.4, 0.5) is 39.9 Å². The van der Waals surface area contributed by atoms with Gasteiger partial charge in [0.1, 0.15) is 23.0 Å². The number of ether oxygens (including phenoxy) is 5. The molecule has 0 spiro atoms. The van der Waals surface area contributed by atoms with Crippen molar-refractivity contribution in [2.45, 2.75) is 77.6 Å². The number of hydrogen-bond acceptors (Lipinski definition) is 12. The molecule has 0 radical (unpaired) electrons. The van der Waals surface area contributed by atoms with Crippen LogP contribution in [0.3, 0.4) is 0 Å². The molecule has 106 heavy (non-hydrogen) atoms. The van der Waals surface area contributed by atoms with Gasteiger partial charge in [0.05, 0.1) is 83.4 Å². The molecule has 0 fully saturated rings. The van der Waals surface area contributed by atoms with Gasteiger partial charge in [-0.3, -0.25) is 56.6 Å². The predicted molar refractivity (Wildman–Crippen MR) is 401 cm³/mol. The number of nitrogens with two attached hydrogens (primary N) is 1. The highest BCUT2D eigenvalue weighted by Gasteiger charge is 2.22. The number of aromatic nitrogens is 8. The lowest BCUT2D eigenvalue weighted by molar-refractivity contribution is -0.0511. The molecule has 8 aromatic carbocycles. The van der Waals surface area contributed by atoms with Crippen molar-refractivity contribution in [3.05, 3.63) is 260 Å². The molecule has 0 bridgehead atoms. The van der Waals surface area contributed by atoms with Crippen LogP contribution in [0.1, 0.15) is 44.5 Å². The molecule has 0 saturated heterocycles. The van der Waals surface area contributed by atoms with Crippen LogP contribution in [-0.4, -0.2) is 77.1 Å². The molecule has 558 valence electrons. The van der Waals surface area contributed by atoms with Crippen molar-refractivity contribution in [3.8, 4) is 23.0 Å². The summed E-state index contributed by atoms with van der Waals surface area (Å²) in [6.07, 6.45) is -0.608. The summed E-state index contributed by atoms with van der Waals surface area (Å²) >= 11 is 16.9. The van der Waals surface area contributed by atoms with E-state index in [1.165, 1.54) is 50.1 Å². The number of methoxy groups -OCH3 is 1. The number of alkyl halides is 9. The van der Waals surface area contributed by atoms with E-state index in [1.54, 1.807) is 156 Å². The fourth-order valence-corrected chi connectivity index (χ4v) is 13.2. The van der Waals surface area contributed by atoms with E-state index in [4.69, 9.17) is 11.3 Å². The van der Waals surface area contributed by atoms with E-state index in [0.29, 0.717) is 82.3 Å². The molecule has 12 aromatic rings. The van der Waals surface area contributed by atoms with E-state index in [2.05, 4.69) is 119 Å². The van der Waals surface area contributed by atoms with Gasteiger partial charge in [-0.25, -0.2) is 4.79 Å². The Morgan fingerprint density at radius 3 is 1.03 bits per heavy atom. The number of carbonyl (C=O) groups is 1. The van der Waals surface area contributed by atoms with E-state index in [9.17, 15) is 59.1 Å². The molecule has 0 aliphatic carbocycles. The lowest BCUT2D eigenvalue weighted by Gasteiger charge is -2.15. The summed E-state index contributed by atoms with van der Waals surface area (Å²) in [7, 11) is 7.74. The van der Waals surface area contributed by atoms with Gasteiger partial charge in [-0.15, -0.1) is 0 Å². The number of halogens is 13.